The number of amides is 4. The van der Waals surface area contributed by atoms with Crippen LogP contribution in [0, 0.1) is 11.8 Å². The molecule has 10 heteroatoms. The first-order valence-corrected chi connectivity index (χ1v) is 15.1. The number of carbonyl (C=O) groups is 3. The summed E-state index contributed by atoms with van der Waals surface area (Å²) >= 11 is 0. The van der Waals surface area contributed by atoms with Crippen LogP contribution in [-0.2, 0) is 9.59 Å². The number of likely N-dealkylation sites (N-methyl/N-ethyl adjacent to an activating group) is 1. The number of imide groups is 1. The van der Waals surface area contributed by atoms with Gasteiger partial charge in [-0.05, 0) is 56.4 Å². The van der Waals surface area contributed by atoms with Gasteiger partial charge in [0.25, 0.3) is 5.91 Å². The summed E-state index contributed by atoms with van der Waals surface area (Å²) in [5.41, 5.74) is 0.254. The number of benzene rings is 1. The van der Waals surface area contributed by atoms with Crippen molar-refractivity contribution < 1.29 is 23.2 Å². The number of urea groups is 1. The second-order valence-corrected chi connectivity index (χ2v) is 12.7. The van der Waals surface area contributed by atoms with Crippen LogP contribution in [0.25, 0.3) is 0 Å². The second-order valence-electron chi connectivity index (χ2n) is 12.7. The molecule has 1 aromatic carbocycles. The van der Waals surface area contributed by atoms with Gasteiger partial charge < -0.3 is 10.2 Å². The first-order chi connectivity index (χ1) is 19.0. The number of fused-ring (bicyclic) bond motifs is 2. The van der Waals surface area contributed by atoms with E-state index in [0.29, 0.717) is 31.7 Å². The van der Waals surface area contributed by atoms with E-state index >= 15 is 0 Å². The Balaban J connectivity index is 0.00000387. The zero-order chi connectivity index (χ0) is 28.7. The quantitative estimate of drug-likeness (QED) is 0.368. The van der Waals surface area contributed by atoms with Gasteiger partial charge in [-0.15, -0.1) is 12.4 Å². The molecule has 1 aromatic rings. The molecule has 3 saturated heterocycles. The Morgan fingerprint density at radius 2 is 1.66 bits per heavy atom. The van der Waals surface area contributed by atoms with E-state index in [4.69, 9.17) is 0 Å². The molecular weight excluding hydrogens is 550 g/mol. The fraction of sp³-hybridized carbons (Fsp3) is 0.710. The summed E-state index contributed by atoms with van der Waals surface area (Å²) in [4.78, 5) is 45.5. The lowest BCUT2D eigenvalue weighted by atomic mass is 9.80. The maximum atomic E-state index is 13.7. The van der Waals surface area contributed by atoms with E-state index < -0.39 is 11.5 Å². The van der Waals surface area contributed by atoms with Crippen molar-refractivity contribution >= 4 is 30.3 Å². The third kappa shape index (κ3) is 6.26. The number of alkyl halides is 2. The number of hydrogen-bond donors (Lipinski definition) is 1. The van der Waals surface area contributed by atoms with Gasteiger partial charge in [0.15, 0.2) is 0 Å². The minimum absolute atomic E-state index is 0. The van der Waals surface area contributed by atoms with Crippen molar-refractivity contribution in [3.05, 3.63) is 35.9 Å². The lowest BCUT2D eigenvalue weighted by Crippen LogP contribution is -2.61. The maximum Gasteiger partial charge on any atom is 0.327 e. The van der Waals surface area contributed by atoms with Crippen molar-refractivity contribution in [1.29, 1.82) is 0 Å². The summed E-state index contributed by atoms with van der Waals surface area (Å²) in [6.07, 6.45) is 4.89. The van der Waals surface area contributed by atoms with Gasteiger partial charge in [0, 0.05) is 51.0 Å². The van der Waals surface area contributed by atoms with E-state index in [-0.39, 0.29) is 80.0 Å². The topological polar surface area (TPSA) is 73.0 Å². The molecule has 3 heterocycles. The van der Waals surface area contributed by atoms with Crippen LogP contribution in [0.2, 0.25) is 0 Å². The molecule has 0 radical (unpaired) electrons. The van der Waals surface area contributed by atoms with Crippen LogP contribution < -0.4 is 5.32 Å². The SMILES string of the molecule is CC[C@H](C)CN1C(=O)N(C)C(=O)C12CC1CCC(C2)N1CC[C@H](NC(=O)C1CCC(F)(F)CC1)c1ccccc1.Cl. The first-order valence-electron chi connectivity index (χ1n) is 15.1. The third-order valence-electron chi connectivity index (χ3n) is 10.1. The van der Waals surface area contributed by atoms with Crippen LogP contribution in [-0.4, -0.2) is 76.2 Å². The second kappa shape index (κ2) is 12.5. The molecule has 5 rings (SSSR count). The van der Waals surface area contributed by atoms with Gasteiger partial charge in [0.2, 0.25) is 11.8 Å². The van der Waals surface area contributed by atoms with Crippen molar-refractivity contribution in [3.63, 3.8) is 0 Å². The summed E-state index contributed by atoms with van der Waals surface area (Å²) in [6.45, 7) is 5.60. The van der Waals surface area contributed by atoms with E-state index in [9.17, 15) is 23.2 Å². The highest BCUT2D eigenvalue weighted by Gasteiger charge is 2.62. The minimum atomic E-state index is -2.66. The van der Waals surface area contributed by atoms with Crippen molar-refractivity contribution in [1.82, 2.24) is 20.0 Å². The van der Waals surface area contributed by atoms with E-state index in [0.717, 1.165) is 31.4 Å². The number of halogens is 3. The van der Waals surface area contributed by atoms with Gasteiger partial charge in [-0.1, -0.05) is 50.6 Å². The average molecular weight is 595 g/mol. The van der Waals surface area contributed by atoms with Crippen molar-refractivity contribution in [3.8, 4) is 0 Å². The number of piperidine rings is 1. The predicted molar refractivity (Wildman–Crippen MR) is 156 cm³/mol. The standard InChI is InChI=1S/C31H44F2N4O3.ClH/c1-4-21(2)20-37-29(40)35(3)28(39)30(37)18-24-10-11-25(19-30)36(24)17-14-26(22-8-6-5-7-9-22)34-27(38)23-12-15-31(32,33)16-13-23;/h5-9,21,23-26H,4,10-20H2,1-3H3,(H,34,38);1H/t21-,24?,25?,26-,30?;/m0./s1. The fourth-order valence-electron chi connectivity index (χ4n) is 7.53. The molecule has 4 fully saturated rings. The third-order valence-corrected chi connectivity index (χ3v) is 10.1. The Bertz CT molecular complexity index is 1080. The Morgan fingerprint density at radius 1 is 1.05 bits per heavy atom. The smallest absolute Gasteiger partial charge is 0.327 e. The summed E-state index contributed by atoms with van der Waals surface area (Å²) in [6, 6.07) is 9.88. The molecule has 41 heavy (non-hydrogen) atoms. The summed E-state index contributed by atoms with van der Waals surface area (Å²) in [7, 11) is 1.61. The zero-order valence-electron chi connectivity index (χ0n) is 24.5. The Kier molecular flexibility index (Phi) is 9.69. The van der Waals surface area contributed by atoms with Crippen molar-refractivity contribution in [2.45, 2.75) is 108 Å². The number of rotatable bonds is 9. The molecule has 2 bridgehead atoms. The molecule has 1 spiro atoms. The van der Waals surface area contributed by atoms with E-state index in [1.165, 1.54) is 4.90 Å². The van der Waals surface area contributed by atoms with Crippen LogP contribution in [0.3, 0.4) is 0 Å². The fourth-order valence-corrected chi connectivity index (χ4v) is 7.53. The Hall–Kier alpha value is -2.26. The molecule has 1 aliphatic carbocycles. The summed E-state index contributed by atoms with van der Waals surface area (Å²) in [5.74, 6) is -2.92. The average Bonchev–Trinajstić information content (AvgIpc) is 3.28. The van der Waals surface area contributed by atoms with Crippen LogP contribution in [0.15, 0.2) is 30.3 Å². The monoisotopic (exact) mass is 594 g/mol. The van der Waals surface area contributed by atoms with Gasteiger partial charge >= 0.3 is 6.03 Å². The maximum absolute atomic E-state index is 13.7. The van der Waals surface area contributed by atoms with E-state index in [2.05, 4.69) is 24.1 Å². The van der Waals surface area contributed by atoms with Crippen LogP contribution >= 0.6 is 12.4 Å². The number of hydrogen-bond acceptors (Lipinski definition) is 4. The zero-order valence-corrected chi connectivity index (χ0v) is 25.3. The Morgan fingerprint density at radius 3 is 2.24 bits per heavy atom. The molecule has 1 saturated carbocycles. The number of carbonyl (C=O) groups excluding carboxylic acids is 3. The molecule has 4 atom stereocenters. The van der Waals surface area contributed by atoms with E-state index in [1.54, 1.807) is 7.05 Å². The highest BCUT2D eigenvalue weighted by Crippen LogP contribution is 2.47. The molecule has 3 aliphatic heterocycles. The lowest BCUT2D eigenvalue weighted by molar-refractivity contribution is -0.137. The van der Waals surface area contributed by atoms with E-state index in [1.807, 2.05) is 35.2 Å². The van der Waals surface area contributed by atoms with Crippen molar-refractivity contribution in [2.24, 2.45) is 11.8 Å². The summed E-state index contributed by atoms with van der Waals surface area (Å²) in [5, 5.41) is 3.20. The largest absolute Gasteiger partial charge is 0.349 e. The van der Waals surface area contributed by atoms with Gasteiger partial charge in [-0.25, -0.2) is 13.6 Å². The highest BCUT2D eigenvalue weighted by atomic mass is 35.5. The predicted octanol–water partition coefficient (Wildman–Crippen LogP) is 5.79. The normalized spacial score (nSPS) is 29.5. The molecule has 4 aliphatic rings. The minimum Gasteiger partial charge on any atom is -0.349 e. The molecule has 0 aromatic heterocycles. The highest BCUT2D eigenvalue weighted by molar-refractivity contribution is 6.07. The van der Waals surface area contributed by atoms with Crippen molar-refractivity contribution in [2.75, 3.05) is 20.1 Å². The molecule has 7 nitrogen and oxygen atoms in total. The van der Waals surface area contributed by atoms with Gasteiger partial charge in [-0.3, -0.25) is 19.4 Å². The van der Waals surface area contributed by atoms with Crippen LogP contribution in [0.5, 0.6) is 0 Å². The number of nitrogens with one attached hydrogen (secondary N) is 1. The Labute approximate surface area is 248 Å². The van der Waals surface area contributed by atoms with Gasteiger partial charge in [0.05, 0.1) is 6.04 Å². The summed E-state index contributed by atoms with van der Waals surface area (Å²) < 4.78 is 27.3. The van der Waals surface area contributed by atoms with Gasteiger partial charge in [-0.2, -0.15) is 0 Å². The van der Waals surface area contributed by atoms with Crippen LogP contribution in [0.1, 0.15) is 89.7 Å². The van der Waals surface area contributed by atoms with Gasteiger partial charge in [0.1, 0.15) is 5.54 Å². The first kappa shape index (κ1) is 31.7. The molecular formula is C31H45ClF2N4O3. The molecule has 228 valence electrons. The lowest BCUT2D eigenvalue weighted by Gasteiger charge is -2.47. The van der Waals surface area contributed by atoms with Crippen LogP contribution in [0.4, 0.5) is 13.6 Å². The number of nitrogens with zero attached hydrogens (tertiary/aromatic N) is 3. The molecule has 1 N–H and O–H groups in total. The molecule has 4 amide bonds. The molecule has 2 unspecified atom stereocenters.